The smallest absolute Gasteiger partial charge is 0.189 e. The molecule has 3 heterocycles. The summed E-state index contributed by atoms with van der Waals surface area (Å²) < 4.78 is 12.8. The van der Waals surface area contributed by atoms with E-state index < -0.39 is 0 Å². The largest absolute Gasteiger partial charge is 0.316 e. The maximum atomic E-state index is 12.8. The molecule has 0 radical (unpaired) electrons. The quantitative estimate of drug-likeness (QED) is 0.760. The maximum absolute atomic E-state index is 12.8. The number of fused-ring (bicyclic) bond motifs is 3. The van der Waals surface area contributed by atoms with Crippen LogP contribution < -0.4 is 5.32 Å². The number of anilines is 2. The highest BCUT2D eigenvalue weighted by Crippen LogP contribution is 2.37. The van der Waals surface area contributed by atoms with Crippen LogP contribution in [0.5, 0.6) is 0 Å². The van der Waals surface area contributed by atoms with Crippen LogP contribution in [0.25, 0.3) is 11.3 Å². The summed E-state index contributed by atoms with van der Waals surface area (Å²) in [6.07, 6.45) is 4.91. The Hall–Kier alpha value is -2.28. The third-order valence-corrected chi connectivity index (χ3v) is 4.27. The van der Waals surface area contributed by atoms with Crippen molar-refractivity contribution in [2.75, 3.05) is 5.32 Å². The van der Waals surface area contributed by atoms with Crippen molar-refractivity contribution in [1.82, 2.24) is 20.2 Å². The summed E-state index contributed by atoms with van der Waals surface area (Å²) in [5.74, 6) is 0.238. The molecular formula is C13H10FN5S. The highest BCUT2D eigenvalue weighted by atomic mass is 32.1. The molecule has 0 unspecified atom stereocenters. The molecule has 0 aromatic carbocycles. The van der Waals surface area contributed by atoms with Crippen molar-refractivity contribution in [2.24, 2.45) is 0 Å². The van der Waals surface area contributed by atoms with Crippen LogP contribution >= 0.6 is 11.3 Å². The molecule has 20 heavy (non-hydrogen) atoms. The van der Waals surface area contributed by atoms with Gasteiger partial charge in [0.25, 0.3) is 0 Å². The molecular weight excluding hydrogens is 277 g/mol. The van der Waals surface area contributed by atoms with Gasteiger partial charge in [-0.05, 0) is 25.0 Å². The van der Waals surface area contributed by atoms with E-state index in [4.69, 9.17) is 0 Å². The normalized spacial score (nSPS) is 12.8. The zero-order valence-corrected chi connectivity index (χ0v) is 11.2. The number of aryl methyl sites for hydroxylation is 2. The number of nitrogens with one attached hydrogen (secondary N) is 2. The van der Waals surface area contributed by atoms with Crippen LogP contribution in [0.1, 0.15) is 10.6 Å². The fourth-order valence-corrected chi connectivity index (χ4v) is 3.27. The Morgan fingerprint density at radius 3 is 3.05 bits per heavy atom. The SMILES string of the molecule is Fc1ccc(Nc2nc3c(s2)CCc2[nH]ncc2-3)nc1. The van der Waals surface area contributed by atoms with Crippen LogP contribution in [-0.4, -0.2) is 20.2 Å². The Kier molecular flexibility index (Phi) is 2.53. The van der Waals surface area contributed by atoms with Crippen LogP contribution in [0.2, 0.25) is 0 Å². The molecule has 0 saturated heterocycles. The lowest BCUT2D eigenvalue weighted by Gasteiger charge is -2.08. The molecule has 0 aliphatic heterocycles. The van der Waals surface area contributed by atoms with E-state index >= 15 is 0 Å². The van der Waals surface area contributed by atoms with Gasteiger partial charge in [-0.1, -0.05) is 0 Å². The molecule has 2 N–H and O–H groups in total. The van der Waals surface area contributed by atoms with Crippen molar-refractivity contribution in [3.8, 4) is 11.3 Å². The van der Waals surface area contributed by atoms with E-state index in [0.29, 0.717) is 5.82 Å². The molecule has 100 valence electrons. The van der Waals surface area contributed by atoms with Gasteiger partial charge in [0, 0.05) is 16.1 Å². The predicted molar refractivity (Wildman–Crippen MR) is 74.6 cm³/mol. The molecule has 5 nitrogen and oxygen atoms in total. The number of hydrogen-bond donors (Lipinski definition) is 2. The summed E-state index contributed by atoms with van der Waals surface area (Å²) in [4.78, 5) is 9.81. The van der Waals surface area contributed by atoms with E-state index in [9.17, 15) is 4.39 Å². The van der Waals surface area contributed by atoms with Gasteiger partial charge >= 0.3 is 0 Å². The Morgan fingerprint density at radius 2 is 2.20 bits per heavy atom. The van der Waals surface area contributed by atoms with Crippen molar-refractivity contribution in [3.05, 3.63) is 40.9 Å². The molecule has 0 spiro atoms. The summed E-state index contributed by atoms with van der Waals surface area (Å²) in [5, 5.41) is 11.0. The fourth-order valence-electron chi connectivity index (χ4n) is 2.29. The van der Waals surface area contributed by atoms with Crippen molar-refractivity contribution in [3.63, 3.8) is 0 Å². The van der Waals surface area contributed by atoms with Gasteiger partial charge in [-0.25, -0.2) is 14.4 Å². The van der Waals surface area contributed by atoms with Gasteiger partial charge in [0.05, 0.1) is 18.1 Å². The van der Waals surface area contributed by atoms with Crippen molar-refractivity contribution in [2.45, 2.75) is 12.8 Å². The Bertz CT molecular complexity index is 761. The average molecular weight is 287 g/mol. The average Bonchev–Trinajstić information content (AvgIpc) is 3.06. The molecule has 3 aromatic heterocycles. The zero-order chi connectivity index (χ0) is 13.5. The highest BCUT2D eigenvalue weighted by molar-refractivity contribution is 7.16. The molecule has 0 saturated carbocycles. The number of aromatic nitrogens is 4. The van der Waals surface area contributed by atoms with Gasteiger partial charge in [-0.15, -0.1) is 11.3 Å². The monoisotopic (exact) mass is 287 g/mol. The number of H-pyrrole nitrogens is 1. The van der Waals surface area contributed by atoms with Gasteiger partial charge in [-0.3, -0.25) is 5.10 Å². The number of pyridine rings is 1. The van der Waals surface area contributed by atoms with E-state index in [1.807, 2.05) is 6.20 Å². The third-order valence-electron chi connectivity index (χ3n) is 3.24. The zero-order valence-electron chi connectivity index (χ0n) is 10.4. The van der Waals surface area contributed by atoms with Crippen LogP contribution in [-0.2, 0) is 12.8 Å². The number of halogens is 1. The highest BCUT2D eigenvalue weighted by Gasteiger charge is 2.22. The van der Waals surface area contributed by atoms with Crippen LogP contribution in [0.4, 0.5) is 15.3 Å². The van der Waals surface area contributed by atoms with Crippen LogP contribution in [0.15, 0.2) is 24.5 Å². The van der Waals surface area contributed by atoms with E-state index in [0.717, 1.165) is 34.9 Å². The van der Waals surface area contributed by atoms with Crippen molar-refractivity contribution < 1.29 is 4.39 Å². The number of nitrogens with zero attached hydrogens (tertiary/aromatic N) is 3. The number of rotatable bonds is 2. The second kappa shape index (κ2) is 4.38. The Labute approximate surface area is 117 Å². The van der Waals surface area contributed by atoms with Gasteiger partial charge in [-0.2, -0.15) is 5.10 Å². The second-order valence-corrected chi connectivity index (χ2v) is 5.62. The van der Waals surface area contributed by atoms with Gasteiger partial charge in [0.15, 0.2) is 5.13 Å². The molecule has 0 fully saturated rings. The fraction of sp³-hybridized carbons (Fsp3) is 0.154. The molecule has 7 heteroatoms. The van der Waals surface area contributed by atoms with E-state index in [2.05, 4.69) is 25.5 Å². The lowest BCUT2D eigenvalue weighted by Crippen LogP contribution is -2.00. The first-order chi connectivity index (χ1) is 9.79. The minimum absolute atomic E-state index is 0.350. The Balaban J connectivity index is 1.67. The third kappa shape index (κ3) is 1.87. The van der Waals surface area contributed by atoms with Gasteiger partial charge in [0.2, 0.25) is 0 Å². The lowest BCUT2D eigenvalue weighted by atomic mass is 10.0. The molecule has 3 aromatic rings. The molecule has 0 bridgehead atoms. The molecule has 1 aliphatic rings. The topological polar surface area (TPSA) is 66.5 Å². The van der Waals surface area contributed by atoms with E-state index in [1.165, 1.54) is 17.1 Å². The van der Waals surface area contributed by atoms with Gasteiger partial charge in [0.1, 0.15) is 11.6 Å². The molecule has 0 atom stereocenters. The molecule has 0 amide bonds. The second-order valence-electron chi connectivity index (χ2n) is 4.54. The summed E-state index contributed by atoms with van der Waals surface area (Å²) in [5.41, 5.74) is 3.19. The molecule has 4 rings (SSSR count). The summed E-state index contributed by atoms with van der Waals surface area (Å²) in [7, 11) is 0. The summed E-state index contributed by atoms with van der Waals surface area (Å²) in [6, 6.07) is 2.97. The minimum Gasteiger partial charge on any atom is -0.316 e. The van der Waals surface area contributed by atoms with E-state index in [-0.39, 0.29) is 5.82 Å². The number of hydrogen-bond acceptors (Lipinski definition) is 5. The summed E-state index contributed by atoms with van der Waals surface area (Å²) in [6.45, 7) is 0. The first kappa shape index (κ1) is 11.5. The van der Waals surface area contributed by atoms with E-state index in [1.54, 1.807) is 17.4 Å². The van der Waals surface area contributed by atoms with Crippen molar-refractivity contribution >= 4 is 22.3 Å². The standard InChI is InChI=1S/C13H10FN5S/c14-7-1-4-11(15-5-7)17-13-18-12-8-6-16-19-9(8)2-3-10(12)20-13/h1,4-6H,2-3H2,(H,16,19)(H,15,17,18). The van der Waals surface area contributed by atoms with Crippen LogP contribution in [0.3, 0.4) is 0 Å². The maximum Gasteiger partial charge on any atom is 0.189 e. The predicted octanol–water partition coefficient (Wildman–Crippen LogP) is 2.91. The number of aromatic amines is 1. The number of thiazole rings is 1. The first-order valence-corrected chi connectivity index (χ1v) is 7.02. The van der Waals surface area contributed by atoms with Crippen LogP contribution in [0, 0.1) is 5.82 Å². The summed E-state index contributed by atoms with van der Waals surface area (Å²) >= 11 is 1.60. The minimum atomic E-state index is -0.350. The van der Waals surface area contributed by atoms with Crippen molar-refractivity contribution in [1.29, 1.82) is 0 Å². The van der Waals surface area contributed by atoms with Gasteiger partial charge < -0.3 is 5.32 Å². The first-order valence-electron chi connectivity index (χ1n) is 6.20. The molecule has 1 aliphatic carbocycles. The Morgan fingerprint density at radius 1 is 1.25 bits per heavy atom. The lowest BCUT2D eigenvalue weighted by molar-refractivity contribution is 0.622.